The summed E-state index contributed by atoms with van der Waals surface area (Å²) in [5.41, 5.74) is 1.36. The van der Waals surface area contributed by atoms with E-state index in [1.807, 2.05) is 29.2 Å². The number of hydrogen-bond acceptors (Lipinski definition) is 4. The molecule has 0 bridgehead atoms. The van der Waals surface area contributed by atoms with E-state index in [9.17, 15) is 14.0 Å². The minimum atomic E-state index is -1.09. The number of unbranched alkanes of at least 4 members (excludes halogenated alkanes) is 1. The first-order valence-corrected chi connectivity index (χ1v) is 12.5. The van der Waals surface area contributed by atoms with Gasteiger partial charge >= 0.3 is 5.97 Å². The molecule has 1 unspecified atom stereocenters. The molecule has 2 aromatic rings. The van der Waals surface area contributed by atoms with E-state index in [4.69, 9.17) is 14.8 Å². The third kappa shape index (κ3) is 5.39. The van der Waals surface area contributed by atoms with Crippen LogP contribution in [0.5, 0.6) is 5.75 Å². The molecule has 7 heteroatoms. The first-order chi connectivity index (χ1) is 16.8. The number of amides is 1. The van der Waals surface area contributed by atoms with Gasteiger partial charge < -0.3 is 9.84 Å². The molecule has 1 amide bonds. The molecule has 1 aliphatic heterocycles. The van der Waals surface area contributed by atoms with E-state index in [2.05, 4.69) is 6.92 Å². The maximum absolute atomic E-state index is 14.6. The van der Waals surface area contributed by atoms with Crippen molar-refractivity contribution in [3.05, 3.63) is 53.8 Å². The number of halogens is 1. The Morgan fingerprint density at radius 1 is 1.17 bits per heavy atom. The molecule has 0 radical (unpaired) electrons. The van der Waals surface area contributed by atoms with Crippen LogP contribution in [0, 0.1) is 5.82 Å². The molecular weight excluding hydrogens is 447 g/mol. The Hall–Kier alpha value is -3.22. The second-order valence-corrected chi connectivity index (χ2v) is 9.55. The lowest BCUT2D eigenvalue weighted by atomic mass is 9.82. The molecule has 2 aromatic carbocycles. The van der Waals surface area contributed by atoms with Crippen molar-refractivity contribution in [2.45, 2.75) is 83.4 Å². The molecule has 1 saturated carbocycles. The largest absolute Gasteiger partial charge is 0.479 e. The van der Waals surface area contributed by atoms with Crippen molar-refractivity contribution in [3.63, 3.8) is 0 Å². The van der Waals surface area contributed by atoms with Crippen LogP contribution in [0.2, 0.25) is 0 Å². The van der Waals surface area contributed by atoms with Crippen LogP contribution in [0.3, 0.4) is 0 Å². The van der Waals surface area contributed by atoms with Gasteiger partial charge in [-0.25, -0.2) is 9.18 Å². The second-order valence-electron chi connectivity index (χ2n) is 9.55. The Morgan fingerprint density at radius 3 is 2.54 bits per heavy atom. The lowest BCUT2D eigenvalue weighted by Gasteiger charge is -2.29. The van der Waals surface area contributed by atoms with Crippen LogP contribution in [0.4, 0.5) is 4.39 Å². The van der Waals surface area contributed by atoms with Gasteiger partial charge in [0.1, 0.15) is 22.9 Å². The molecule has 2 aliphatic rings. The number of carboxylic acids is 1. The molecule has 1 fully saturated rings. The summed E-state index contributed by atoms with van der Waals surface area (Å²) in [5.74, 6) is -0.204. The summed E-state index contributed by atoms with van der Waals surface area (Å²) in [6, 6.07) is 11.6. The van der Waals surface area contributed by atoms with Crippen LogP contribution >= 0.6 is 0 Å². The zero-order valence-corrected chi connectivity index (χ0v) is 20.4. The van der Waals surface area contributed by atoms with E-state index in [0.717, 1.165) is 62.8 Å². The summed E-state index contributed by atoms with van der Waals surface area (Å²) < 4.78 is 20.0. The summed E-state index contributed by atoms with van der Waals surface area (Å²) >= 11 is 0. The number of carboxylic acid groups (broad SMARTS) is 1. The Balaban J connectivity index is 1.52. The summed E-state index contributed by atoms with van der Waals surface area (Å²) in [7, 11) is 0. The van der Waals surface area contributed by atoms with Crippen molar-refractivity contribution in [3.8, 4) is 16.9 Å². The summed E-state index contributed by atoms with van der Waals surface area (Å²) in [6.07, 6.45) is 6.70. The third-order valence-electron chi connectivity index (χ3n) is 6.94. The fourth-order valence-corrected chi connectivity index (χ4v) is 4.90. The second kappa shape index (κ2) is 10.6. The molecule has 1 heterocycles. The van der Waals surface area contributed by atoms with Crippen LogP contribution in [0.1, 0.15) is 70.8 Å². The average molecular weight is 481 g/mol. The van der Waals surface area contributed by atoms with Crippen molar-refractivity contribution in [2.75, 3.05) is 0 Å². The highest BCUT2D eigenvalue weighted by molar-refractivity contribution is 6.08. The Morgan fingerprint density at radius 2 is 1.89 bits per heavy atom. The molecule has 186 valence electrons. The molecule has 6 nitrogen and oxygen atoms in total. The van der Waals surface area contributed by atoms with Gasteiger partial charge in [0.05, 0.1) is 6.54 Å². The number of carbonyl (C=O) groups excluding carboxylic acids is 1. The van der Waals surface area contributed by atoms with Crippen molar-refractivity contribution in [1.82, 2.24) is 4.90 Å². The van der Waals surface area contributed by atoms with Gasteiger partial charge in [0.15, 0.2) is 6.10 Å². The van der Waals surface area contributed by atoms with Gasteiger partial charge in [-0.15, -0.1) is 0 Å². The number of aliphatic imine (C=N–C) groups is 1. The predicted molar refractivity (Wildman–Crippen MR) is 133 cm³/mol. The van der Waals surface area contributed by atoms with Crippen LogP contribution in [-0.2, 0) is 16.1 Å². The minimum absolute atomic E-state index is 0.121. The van der Waals surface area contributed by atoms with E-state index in [-0.39, 0.29) is 11.7 Å². The standard InChI is InChI=1S/C28H33FN2O4/c1-3-4-8-25-30-28(15-6-5-7-16-28)27(34)31(25)18-20-9-11-21(12-10-20)23-17-22(13-14-24(23)29)35-19(2)26(32)33/h9-14,17,19H,3-8,15-16,18H2,1-2H3,(H,32,33). The quantitative estimate of drug-likeness (QED) is 0.479. The molecule has 1 spiro atoms. The predicted octanol–water partition coefficient (Wildman–Crippen LogP) is 5.98. The Labute approximate surface area is 205 Å². The first-order valence-electron chi connectivity index (χ1n) is 12.5. The topological polar surface area (TPSA) is 79.2 Å². The van der Waals surface area contributed by atoms with Crippen molar-refractivity contribution >= 4 is 17.7 Å². The summed E-state index contributed by atoms with van der Waals surface area (Å²) in [6.45, 7) is 4.01. The molecule has 0 saturated heterocycles. The fourth-order valence-electron chi connectivity index (χ4n) is 4.90. The minimum Gasteiger partial charge on any atom is -0.479 e. The van der Waals surface area contributed by atoms with Crippen molar-refractivity contribution in [2.24, 2.45) is 4.99 Å². The maximum Gasteiger partial charge on any atom is 0.344 e. The number of amidine groups is 1. The van der Waals surface area contributed by atoms with E-state index in [1.165, 1.54) is 25.1 Å². The van der Waals surface area contributed by atoms with E-state index in [1.54, 1.807) is 0 Å². The number of carbonyl (C=O) groups is 2. The number of nitrogens with zero attached hydrogens (tertiary/aromatic N) is 2. The number of rotatable bonds is 9. The highest BCUT2D eigenvalue weighted by Gasteiger charge is 2.48. The van der Waals surface area contributed by atoms with E-state index < -0.39 is 23.4 Å². The first kappa shape index (κ1) is 24.9. The SMILES string of the molecule is CCCCC1=NC2(CCCCC2)C(=O)N1Cc1ccc(-c2cc(OC(C)C(=O)O)ccc2F)cc1. The Kier molecular flexibility index (Phi) is 7.53. The van der Waals surface area contributed by atoms with Gasteiger partial charge in [0.25, 0.3) is 5.91 Å². The third-order valence-corrected chi connectivity index (χ3v) is 6.94. The maximum atomic E-state index is 14.6. The van der Waals surface area contributed by atoms with Crippen LogP contribution < -0.4 is 4.74 Å². The number of benzene rings is 2. The fraction of sp³-hybridized carbons (Fsp3) is 0.464. The summed E-state index contributed by atoms with van der Waals surface area (Å²) in [4.78, 5) is 31.4. The van der Waals surface area contributed by atoms with Crippen LogP contribution in [0.15, 0.2) is 47.5 Å². The zero-order valence-electron chi connectivity index (χ0n) is 20.4. The normalized spacial score (nSPS) is 18.0. The molecule has 4 rings (SSSR count). The van der Waals surface area contributed by atoms with Gasteiger partial charge in [-0.05, 0) is 55.5 Å². The number of aliphatic carboxylic acids is 1. The summed E-state index contributed by atoms with van der Waals surface area (Å²) in [5, 5.41) is 9.06. The molecule has 1 atom stereocenters. The lowest BCUT2D eigenvalue weighted by molar-refractivity contribution is -0.144. The van der Waals surface area contributed by atoms with Gasteiger partial charge in [-0.2, -0.15) is 0 Å². The highest BCUT2D eigenvalue weighted by Crippen LogP contribution is 2.39. The van der Waals surface area contributed by atoms with Crippen molar-refractivity contribution < 1.29 is 23.8 Å². The molecule has 1 N–H and O–H groups in total. The molecule has 35 heavy (non-hydrogen) atoms. The smallest absolute Gasteiger partial charge is 0.344 e. The lowest BCUT2D eigenvalue weighted by Crippen LogP contribution is -2.43. The molecule has 0 aromatic heterocycles. The number of ether oxygens (including phenoxy) is 1. The average Bonchev–Trinajstić information content (AvgIpc) is 3.10. The number of hydrogen-bond donors (Lipinski definition) is 1. The van der Waals surface area contributed by atoms with Gasteiger partial charge in [-0.3, -0.25) is 14.7 Å². The van der Waals surface area contributed by atoms with E-state index in [0.29, 0.717) is 17.7 Å². The zero-order chi connectivity index (χ0) is 25.0. The van der Waals surface area contributed by atoms with Gasteiger partial charge in [-0.1, -0.05) is 56.9 Å². The van der Waals surface area contributed by atoms with E-state index >= 15 is 0 Å². The molecule has 1 aliphatic carbocycles. The van der Waals surface area contributed by atoms with Crippen LogP contribution in [-0.4, -0.2) is 39.4 Å². The van der Waals surface area contributed by atoms with Crippen LogP contribution in [0.25, 0.3) is 11.1 Å². The van der Waals surface area contributed by atoms with Gasteiger partial charge in [0, 0.05) is 12.0 Å². The highest BCUT2D eigenvalue weighted by atomic mass is 19.1. The van der Waals surface area contributed by atoms with Gasteiger partial charge in [0.2, 0.25) is 0 Å². The Bertz CT molecular complexity index is 1110. The molecular formula is C28H33FN2O4. The van der Waals surface area contributed by atoms with Crippen molar-refractivity contribution in [1.29, 1.82) is 0 Å². The monoisotopic (exact) mass is 480 g/mol.